The molecule has 1 amide bonds. The van der Waals surface area contributed by atoms with Gasteiger partial charge in [-0.3, -0.25) is 4.79 Å². The summed E-state index contributed by atoms with van der Waals surface area (Å²) in [5.41, 5.74) is 6.71. The number of benzene rings is 1. The smallest absolute Gasteiger partial charge is 0.222 e. The van der Waals surface area contributed by atoms with E-state index in [9.17, 15) is 4.79 Å². The van der Waals surface area contributed by atoms with Crippen molar-refractivity contribution in [2.45, 2.75) is 51.1 Å². The maximum atomic E-state index is 11.7. The first-order chi connectivity index (χ1) is 9.58. The zero-order valence-electron chi connectivity index (χ0n) is 11.9. The Balaban J connectivity index is 2.07. The number of amides is 1. The minimum Gasteiger partial charge on any atom is -0.369 e. The van der Waals surface area contributed by atoms with E-state index < -0.39 is 0 Å². The number of rotatable bonds is 4. The van der Waals surface area contributed by atoms with Crippen LogP contribution in [0.25, 0.3) is 0 Å². The Bertz CT molecular complexity index is 464. The number of nitrogens with one attached hydrogen (secondary N) is 1. The molecule has 0 bridgehead atoms. The summed E-state index contributed by atoms with van der Waals surface area (Å²) < 4.78 is 0. The minimum atomic E-state index is -0.178. The molecule has 2 rings (SSSR count). The standard InChI is InChI=1S/C16H23ClN2O/c1-11(12-6-5-7-13(17)10-12)19-15-9-4-2-3-8-14(15)16(18)20/h5-7,10-11,14-15,19H,2-4,8-9H2,1H3,(H2,18,20)/t11-,14-,15+/m0/s1. The van der Waals surface area contributed by atoms with Crippen LogP contribution in [0.4, 0.5) is 0 Å². The molecule has 3 nitrogen and oxygen atoms in total. The van der Waals surface area contributed by atoms with Gasteiger partial charge in [0.15, 0.2) is 0 Å². The van der Waals surface area contributed by atoms with Gasteiger partial charge in [-0.2, -0.15) is 0 Å². The molecular weight excluding hydrogens is 272 g/mol. The molecule has 1 saturated carbocycles. The number of primary amides is 1. The van der Waals surface area contributed by atoms with Crippen LogP contribution in [0, 0.1) is 5.92 Å². The van der Waals surface area contributed by atoms with Crippen molar-refractivity contribution in [2.75, 3.05) is 0 Å². The molecular formula is C16H23ClN2O. The molecule has 0 heterocycles. The van der Waals surface area contributed by atoms with Crippen molar-refractivity contribution in [2.24, 2.45) is 11.7 Å². The quantitative estimate of drug-likeness (QED) is 0.836. The highest BCUT2D eigenvalue weighted by Crippen LogP contribution is 2.26. The lowest BCUT2D eigenvalue weighted by Crippen LogP contribution is -2.43. The fraction of sp³-hybridized carbons (Fsp3) is 0.562. The monoisotopic (exact) mass is 294 g/mol. The summed E-state index contributed by atoms with van der Waals surface area (Å²) >= 11 is 6.04. The first-order valence-corrected chi connectivity index (χ1v) is 7.76. The zero-order chi connectivity index (χ0) is 14.5. The lowest BCUT2D eigenvalue weighted by Gasteiger charge is -2.27. The molecule has 20 heavy (non-hydrogen) atoms. The maximum absolute atomic E-state index is 11.7. The highest BCUT2D eigenvalue weighted by atomic mass is 35.5. The number of carbonyl (C=O) groups is 1. The molecule has 1 fully saturated rings. The van der Waals surface area contributed by atoms with E-state index in [1.54, 1.807) is 0 Å². The number of hydrogen-bond donors (Lipinski definition) is 2. The molecule has 4 heteroatoms. The van der Waals surface area contributed by atoms with Crippen molar-refractivity contribution in [3.8, 4) is 0 Å². The predicted molar refractivity (Wildman–Crippen MR) is 82.6 cm³/mol. The first kappa shape index (κ1) is 15.3. The third-order valence-electron chi connectivity index (χ3n) is 4.19. The second-order valence-corrected chi connectivity index (χ2v) is 6.13. The molecule has 0 radical (unpaired) electrons. The molecule has 1 aromatic rings. The SMILES string of the molecule is C[C@H](N[C@@H]1CCCCC[C@@H]1C(N)=O)c1cccc(Cl)c1. The van der Waals surface area contributed by atoms with Crippen LogP contribution in [0.15, 0.2) is 24.3 Å². The van der Waals surface area contributed by atoms with Gasteiger partial charge in [0.1, 0.15) is 0 Å². The molecule has 3 atom stereocenters. The van der Waals surface area contributed by atoms with E-state index in [2.05, 4.69) is 18.3 Å². The summed E-state index contributed by atoms with van der Waals surface area (Å²) in [7, 11) is 0. The molecule has 0 aliphatic heterocycles. The van der Waals surface area contributed by atoms with Crippen molar-refractivity contribution >= 4 is 17.5 Å². The molecule has 1 aromatic carbocycles. The highest BCUT2D eigenvalue weighted by molar-refractivity contribution is 6.30. The number of hydrogen-bond acceptors (Lipinski definition) is 2. The van der Waals surface area contributed by atoms with Gasteiger partial charge in [0, 0.05) is 17.1 Å². The van der Waals surface area contributed by atoms with Crippen molar-refractivity contribution < 1.29 is 4.79 Å². The van der Waals surface area contributed by atoms with Crippen molar-refractivity contribution in [1.82, 2.24) is 5.32 Å². The third-order valence-corrected chi connectivity index (χ3v) is 4.43. The van der Waals surface area contributed by atoms with Gasteiger partial charge in [0.2, 0.25) is 5.91 Å². The van der Waals surface area contributed by atoms with Gasteiger partial charge in [0.25, 0.3) is 0 Å². The van der Waals surface area contributed by atoms with Gasteiger partial charge in [-0.15, -0.1) is 0 Å². The Hall–Kier alpha value is -1.06. The summed E-state index contributed by atoms with van der Waals surface area (Å²) in [6, 6.07) is 8.18. The van der Waals surface area contributed by atoms with Crippen molar-refractivity contribution in [1.29, 1.82) is 0 Å². The molecule has 110 valence electrons. The summed E-state index contributed by atoms with van der Waals surface area (Å²) in [5.74, 6) is -0.234. The highest BCUT2D eigenvalue weighted by Gasteiger charge is 2.29. The zero-order valence-corrected chi connectivity index (χ0v) is 12.7. The summed E-state index contributed by atoms with van der Waals surface area (Å²) in [6.07, 6.45) is 5.35. The van der Waals surface area contributed by atoms with E-state index in [4.69, 9.17) is 17.3 Å². The van der Waals surface area contributed by atoms with Crippen LogP contribution in [0.2, 0.25) is 5.02 Å². The second kappa shape index (κ2) is 7.09. The largest absolute Gasteiger partial charge is 0.369 e. The molecule has 1 aliphatic rings. The van der Waals surface area contributed by atoms with Gasteiger partial charge >= 0.3 is 0 Å². The molecule has 0 spiro atoms. The van der Waals surface area contributed by atoms with Gasteiger partial charge in [-0.25, -0.2) is 0 Å². The normalized spacial score (nSPS) is 24.9. The van der Waals surface area contributed by atoms with Crippen LogP contribution >= 0.6 is 11.6 Å². The number of carbonyl (C=O) groups excluding carboxylic acids is 1. The first-order valence-electron chi connectivity index (χ1n) is 7.39. The van der Waals surface area contributed by atoms with Crippen LogP contribution in [0.1, 0.15) is 50.6 Å². The third kappa shape index (κ3) is 3.97. The fourth-order valence-corrected chi connectivity index (χ4v) is 3.24. The molecule has 0 saturated heterocycles. The Morgan fingerprint density at radius 1 is 1.35 bits per heavy atom. The van der Waals surface area contributed by atoms with Gasteiger partial charge in [0.05, 0.1) is 5.92 Å². The van der Waals surface area contributed by atoms with E-state index in [0.29, 0.717) is 0 Å². The van der Waals surface area contributed by atoms with E-state index in [1.165, 1.54) is 6.42 Å². The Kier molecular flexibility index (Phi) is 5.44. The Labute approximate surface area is 125 Å². The van der Waals surface area contributed by atoms with E-state index in [-0.39, 0.29) is 23.9 Å². The summed E-state index contributed by atoms with van der Waals surface area (Å²) in [5, 5.41) is 4.31. The van der Waals surface area contributed by atoms with Gasteiger partial charge in [-0.05, 0) is 37.5 Å². The van der Waals surface area contributed by atoms with Crippen LogP contribution < -0.4 is 11.1 Å². The van der Waals surface area contributed by atoms with E-state index in [0.717, 1.165) is 36.3 Å². The van der Waals surface area contributed by atoms with E-state index in [1.807, 2.05) is 18.2 Å². The van der Waals surface area contributed by atoms with Gasteiger partial charge < -0.3 is 11.1 Å². The summed E-state index contributed by atoms with van der Waals surface area (Å²) in [4.78, 5) is 11.7. The lowest BCUT2D eigenvalue weighted by molar-refractivity contribution is -0.122. The number of halogens is 1. The van der Waals surface area contributed by atoms with Crippen molar-refractivity contribution in [3.63, 3.8) is 0 Å². The molecule has 3 N–H and O–H groups in total. The van der Waals surface area contributed by atoms with Crippen molar-refractivity contribution in [3.05, 3.63) is 34.9 Å². The predicted octanol–water partition coefficient (Wildman–Crippen LogP) is 3.42. The number of nitrogens with two attached hydrogens (primary N) is 1. The average molecular weight is 295 g/mol. The fourth-order valence-electron chi connectivity index (χ4n) is 3.04. The Morgan fingerprint density at radius 2 is 2.10 bits per heavy atom. The molecule has 0 aromatic heterocycles. The van der Waals surface area contributed by atoms with Crippen LogP contribution in [0.5, 0.6) is 0 Å². The Morgan fingerprint density at radius 3 is 2.80 bits per heavy atom. The second-order valence-electron chi connectivity index (χ2n) is 5.70. The van der Waals surface area contributed by atoms with E-state index >= 15 is 0 Å². The van der Waals surface area contributed by atoms with Crippen LogP contribution in [0.3, 0.4) is 0 Å². The topological polar surface area (TPSA) is 55.1 Å². The molecule has 1 aliphatic carbocycles. The lowest BCUT2D eigenvalue weighted by atomic mass is 9.92. The molecule has 0 unspecified atom stereocenters. The summed E-state index contributed by atoms with van der Waals surface area (Å²) in [6.45, 7) is 2.11. The maximum Gasteiger partial charge on any atom is 0.222 e. The van der Waals surface area contributed by atoms with Crippen LogP contribution in [-0.2, 0) is 4.79 Å². The van der Waals surface area contributed by atoms with Gasteiger partial charge in [-0.1, -0.05) is 43.0 Å². The minimum absolute atomic E-state index is 0.0564. The average Bonchev–Trinajstić information content (AvgIpc) is 2.64. The van der Waals surface area contributed by atoms with Crippen LogP contribution in [-0.4, -0.2) is 11.9 Å².